The first kappa shape index (κ1) is 21.0. The number of hydrogen-bond acceptors (Lipinski definition) is 2. The van der Waals surface area contributed by atoms with Crippen molar-refractivity contribution in [2.45, 2.75) is 26.7 Å². The zero-order valence-corrected chi connectivity index (χ0v) is 16.0. The van der Waals surface area contributed by atoms with Crippen molar-refractivity contribution in [1.82, 2.24) is 4.90 Å². The molecule has 0 N–H and O–H groups in total. The molecule has 0 aromatic heterocycles. The lowest BCUT2D eigenvalue weighted by molar-refractivity contribution is 0.197. The summed E-state index contributed by atoms with van der Waals surface area (Å²) >= 11 is 0. The Morgan fingerprint density at radius 1 is 1.20 bits per heavy atom. The Balaban J connectivity index is 0.00000151. The third-order valence-electron chi connectivity index (χ3n) is 4.52. The lowest BCUT2D eigenvalue weighted by Gasteiger charge is -2.33. The maximum absolute atomic E-state index is 3.87. The van der Waals surface area contributed by atoms with Gasteiger partial charge in [0.05, 0.1) is 0 Å². The van der Waals surface area contributed by atoms with Crippen molar-refractivity contribution in [3.05, 3.63) is 80.1 Å². The Morgan fingerprint density at radius 2 is 1.84 bits per heavy atom. The van der Waals surface area contributed by atoms with E-state index in [9.17, 15) is 0 Å². The van der Waals surface area contributed by atoms with Crippen LogP contribution < -0.4 is 4.90 Å². The first-order valence-corrected chi connectivity index (χ1v) is 9.25. The number of nitrogens with zero attached hydrogens (tertiary/aromatic N) is 2. The van der Waals surface area contributed by atoms with Gasteiger partial charge in [0, 0.05) is 24.5 Å². The summed E-state index contributed by atoms with van der Waals surface area (Å²) in [6.07, 6.45) is 10.9. The van der Waals surface area contributed by atoms with E-state index in [4.69, 9.17) is 0 Å². The van der Waals surface area contributed by atoms with Crippen LogP contribution in [0.2, 0.25) is 0 Å². The van der Waals surface area contributed by atoms with E-state index in [2.05, 4.69) is 91.9 Å². The molecule has 0 amide bonds. The normalized spacial score (nSPS) is 16.3. The van der Waals surface area contributed by atoms with E-state index in [-0.39, 0.29) is 0 Å². The van der Waals surface area contributed by atoms with E-state index in [1.54, 1.807) is 0 Å². The molecule has 1 heterocycles. The fourth-order valence-corrected chi connectivity index (χ4v) is 3.07. The quantitative estimate of drug-likeness (QED) is 0.466. The van der Waals surface area contributed by atoms with Crippen LogP contribution in [0.4, 0.5) is 5.69 Å². The summed E-state index contributed by atoms with van der Waals surface area (Å²) in [5, 5.41) is 0. The molecule has 136 valence electrons. The molecule has 0 atom stereocenters. The van der Waals surface area contributed by atoms with Crippen LogP contribution in [-0.2, 0) is 0 Å². The van der Waals surface area contributed by atoms with Gasteiger partial charge < -0.3 is 9.80 Å². The summed E-state index contributed by atoms with van der Waals surface area (Å²) in [5.74, 6) is 0.885. The summed E-state index contributed by atoms with van der Waals surface area (Å²) < 4.78 is 0. The second-order valence-corrected chi connectivity index (χ2v) is 6.34. The number of hydrogen-bond donors (Lipinski definition) is 0. The number of benzene rings is 1. The van der Waals surface area contributed by atoms with Crippen LogP contribution in [0.1, 0.15) is 26.7 Å². The van der Waals surface area contributed by atoms with Crippen molar-refractivity contribution in [1.29, 1.82) is 0 Å². The lowest BCUT2D eigenvalue weighted by Crippen LogP contribution is -2.39. The molecule has 1 fully saturated rings. The highest BCUT2D eigenvalue weighted by atomic mass is 15.2. The number of para-hydroxylation sites is 1. The molecular formula is C23H34N2. The molecule has 0 radical (unpaired) electrons. The first-order chi connectivity index (χ1) is 12.2. The van der Waals surface area contributed by atoms with Crippen molar-refractivity contribution < 1.29 is 0 Å². The van der Waals surface area contributed by atoms with Gasteiger partial charge in [-0.2, -0.15) is 0 Å². The molecule has 0 aliphatic carbocycles. The van der Waals surface area contributed by atoms with Gasteiger partial charge in [-0.25, -0.2) is 0 Å². The summed E-state index contributed by atoms with van der Waals surface area (Å²) in [5.41, 5.74) is 2.43. The van der Waals surface area contributed by atoms with Gasteiger partial charge in [-0.15, -0.1) is 13.2 Å². The van der Waals surface area contributed by atoms with E-state index in [1.165, 1.54) is 37.3 Å². The average molecular weight is 339 g/mol. The molecule has 0 saturated carbocycles. The molecule has 1 aliphatic heterocycles. The Hall–Kier alpha value is -2.06. The number of allylic oxidation sites excluding steroid dienone is 4. The molecule has 25 heavy (non-hydrogen) atoms. The lowest BCUT2D eigenvalue weighted by atomic mass is 9.99. The molecular weight excluding hydrogens is 304 g/mol. The van der Waals surface area contributed by atoms with Gasteiger partial charge >= 0.3 is 0 Å². The zero-order chi connectivity index (χ0) is 18.5. The van der Waals surface area contributed by atoms with Crippen LogP contribution in [0.25, 0.3) is 0 Å². The van der Waals surface area contributed by atoms with Crippen molar-refractivity contribution in [3.63, 3.8) is 0 Å². The molecule has 2 nitrogen and oxygen atoms in total. The highest BCUT2D eigenvalue weighted by molar-refractivity contribution is 5.55. The average Bonchev–Trinajstić information content (AvgIpc) is 2.66. The van der Waals surface area contributed by atoms with Crippen LogP contribution in [0.15, 0.2) is 80.1 Å². The van der Waals surface area contributed by atoms with Crippen LogP contribution in [0, 0.1) is 5.92 Å². The van der Waals surface area contributed by atoms with Crippen molar-refractivity contribution >= 4 is 5.69 Å². The third kappa shape index (κ3) is 7.15. The van der Waals surface area contributed by atoms with Gasteiger partial charge in [0.25, 0.3) is 0 Å². The largest absolute Gasteiger partial charge is 0.340 e. The molecule has 0 bridgehead atoms. The minimum atomic E-state index is 0.885. The standard InChI is InChI=1S/C21H30N2.C2H4/c1-4-9-20(10-5-2)23(21-11-7-6-8-12-21)18-17-22-15-13-19(3)14-16-22;1-2/h4-12,19H,1,13-18H2,2-3H3;1-2H2/b10-5-,20-9+;. The predicted molar refractivity (Wildman–Crippen MR) is 113 cm³/mol. The Kier molecular flexibility index (Phi) is 10.3. The maximum atomic E-state index is 3.87. The van der Waals surface area contributed by atoms with E-state index in [1.807, 2.05) is 6.08 Å². The third-order valence-corrected chi connectivity index (χ3v) is 4.52. The van der Waals surface area contributed by atoms with Gasteiger partial charge in [0.2, 0.25) is 0 Å². The molecule has 2 rings (SSSR count). The maximum Gasteiger partial charge on any atom is 0.0411 e. The second kappa shape index (κ2) is 12.3. The van der Waals surface area contributed by atoms with Gasteiger partial charge in [0.1, 0.15) is 0 Å². The highest BCUT2D eigenvalue weighted by Gasteiger charge is 2.17. The molecule has 0 spiro atoms. The SMILES string of the molecule is C=C.C=C/C=C(\C=C/C)N(CCN1CCC(C)CC1)c1ccccc1. The molecule has 0 unspecified atom stereocenters. The van der Waals surface area contributed by atoms with Gasteiger partial charge in [-0.1, -0.05) is 43.9 Å². The smallest absolute Gasteiger partial charge is 0.0411 e. The summed E-state index contributed by atoms with van der Waals surface area (Å²) in [7, 11) is 0. The van der Waals surface area contributed by atoms with Crippen LogP contribution in [0.5, 0.6) is 0 Å². The Bertz CT molecular complexity index is 536. The molecule has 1 aromatic carbocycles. The molecule has 1 aromatic rings. The summed E-state index contributed by atoms with van der Waals surface area (Å²) in [6.45, 7) is 18.9. The summed E-state index contributed by atoms with van der Waals surface area (Å²) in [6, 6.07) is 10.6. The van der Waals surface area contributed by atoms with Gasteiger partial charge in [0.15, 0.2) is 0 Å². The zero-order valence-electron chi connectivity index (χ0n) is 16.0. The minimum Gasteiger partial charge on any atom is -0.340 e. The Morgan fingerprint density at radius 3 is 2.40 bits per heavy atom. The van der Waals surface area contributed by atoms with E-state index < -0.39 is 0 Å². The Labute approximate surface area is 154 Å². The predicted octanol–water partition coefficient (Wildman–Crippen LogP) is 5.67. The monoisotopic (exact) mass is 338 g/mol. The second-order valence-electron chi connectivity index (χ2n) is 6.34. The van der Waals surface area contributed by atoms with Gasteiger partial charge in [-0.3, -0.25) is 0 Å². The summed E-state index contributed by atoms with van der Waals surface area (Å²) in [4.78, 5) is 4.98. The fourth-order valence-electron chi connectivity index (χ4n) is 3.07. The molecule has 2 heteroatoms. The highest BCUT2D eigenvalue weighted by Crippen LogP contribution is 2.21. The van der Waals surface area contributed by atoms with Gasteiger partial charge in [-0.05, 0) is 63.1 Å². The van der Waals surface area contributed by atoms with Crippen LogP contribution in [-0.4, -0.2) is 31.1 Å². The van der Waals surface area contributed by atoms with E-state index in [0.29, 0.717) is 0 Å². The van der Waals surface area contributed by atoms with Crippen molar-refractivity contribution in [2.24, 2.45) is 5.92 Å². The topological polar surface area (TPSA) is 6.48 Å². The van der Waals surface area contributed by atoms with Crippen LogP contribution in [0.3, 0.4) is 0 Å². The number of piperidine rings is 1. The number of likely N-dealkylation sites (tertiary alicyclic amines) is 1. The minimum absolute atomic E-state index is 0.885. The molecule has 1 saturated heterocycles. The van der Waals surface area contributed by atoms with Crippen molar-refractivity contribution in [3.8, 4) is 0 Å². The fraction of sp³-hybridized carbons (Fsp3) is 0.391. The number of rotatable bonds is 7. The first-order valence-electron chi connectivity index (χ1n) is 9.25. The molecule has 1 aliphatic rings. The van der Waals surface area contributed by atoms with E-state index in [0.717, 1.165) is 19.0 Å². The van der Waals surface area contributed by atoms with Crippen LogP contribution >= 0.6 is 0 Å². The van der Waals surface area contributed by atoms with E-state index >= 15 is 0 Å². The van der Waals surface area contributed by atoms with Crippen molar-refractivity contribution in [2.75, 3.05) is 31.1 Å². The number of anilines is 1.